The van der Waals surface area contributed by atoms with E-state index in [1.165, 1.54) is 5.56 Å². The summed E-state index contributed by atoms with van der Waals surface area (Å²) in [6, 6.07) is 25.2. The van der Waals surface area contributed by atoms with Crippen molar-refractivity contribution in [1.82, 2.24) is 0 Å². The van der Waals surface area contributed by atoms with Gasteiger partial charge < -0.3 is 5.32 Å². The maximum atomic E-state index is 12.8. The number of amides is 2. The van der Waals surface area contributed by atoms with Gasteiger partial charge in [-0.3, -0.25) is 14.5 Å². The van der Waals surface area contributed by atoms with Crippen molar-refractivity contribution >= 4 is 35.0 Å². The Kier molecular flexibility index (Phi) is 5.88. The van der Waals surface area contributed by atoms with Crippen LogP contribution in [0.5, 0.6) is 0 Å². The van der Waals surface area contributed by atoms with E-state index in [1.54, 1.807) is 11.8 Å². The van der Waals surface area contributed by atoms with Crippen LogP contribution in [0.15, 0.2) is 78.9 Å². The van der Waals surface area contributed by atoms with Crippen LogP contribution in [0.1, 0.15) is 47.6 Å². The second kappa shape index (κ2) is 8.60. The molecule has 1 aliphatic heterocycles. The lowest BCUT2D eigenvalue weighted by Crippen LogP contribution is -2.27. The van der Waals surface area contributed by atoms with Crippen LogP contribution in [0.2, 0.25) is 0 Å². The van der Waals surface area contributed by atoms with Crippen molar-refractivity contribution in [2.24, 2.45) is 0 Å². The van der Waals surface area contributed by atoms with Gasteiger partial charge in [-0.1, -0.05) is 63.2 Å². The van der Waals surface area contributed by atoms with Gasteiger partial charge in [0, 0.05) is 16.9 Å². The lowest BCUT2D eigenvalue weighted by Gasteiger charge is -2.24. The first-order chi connectivity index (χ1) is 14.8. The number of thioether (sulfide) groups is 1. The molecule has 4 nitrogen and oxygen atoms in total. The molecule has 0 bridgehead atoms. The Labute approximate surface area is 187 Å². The van der Waals surface area contributed by atoms with E-state index >= 15 is 0 Å². The number of rotatable bonds is 4. The summed E-state index contributed by atoms with van der Waals surface area (Å²) in [4.78, 5) is 27.1. The summed E-state index contributed by atoms with van der Waals surface area (Å²) in [5, 5.41) is 2.88. The van der Waals surface area contributed by atoms with E-state index in [9.17, 15) is 9.59 Å². The lowest BCUT2D eigenvalue weighted by molar-refractivity contribution is -0.115. The van der Waals surface area contributed by atoms with Crippen molar-refractivity contribution in [3.63, 3.8) is 0 Å². The van der Waals surface area contributed by atoms with Crippen LogP contribution in [0, 0.1) is 0 Å². The van der Waals surface area contributed by atoms with Crippen LogP contribution >= 0.6 is 11.8 Å². The Morgan fingerprint density at radius 2 is 1.68 bits per heavy atom. The standard InChI is InChI=1S/C26H26N2O2S/c1-26(2,3)20-14-12-18(13-15-20)24(30)27-21-9-7-8-19(16-21)25-28(23(29)17-31-25)22-10-5-4-6-11-22/h4-16,25H,17H2,1-3H3,(H,27,30). The number of hydrogen-bond donors (Lipinski definition) is 1. The highest BCUT2D eigenvalue weighted by atomic mass is 32.2. The number of hydrogen-bond acceptors (Lipinski definition) is 3. The smallest absolute Gasteiger partial charge is 0.255 e. The highest BCUT2D eigenvalue weighted by molar-refractivity contribution is 8.00. The fourth-order valence-electron chi connectivity index (χ4n) is 3.63. The van der Waals surface area contributed by atoms with E-state index in [-0.39, 0.29) is 22.6 Å². The number of nitrogens with zero attached hydrogens (tertiary/aromatic N) is 1. The number of carbonyl (C=O) groups excluding carboxylic acids is 2. The molecule has 1 aliphatic rings. The van der Waals surface area contributed by atoms with E-state index in [4.69, 9.17) is 0 Å². The minimum absolute atomic E-state index is 0.0460. The molecule has 0 spiro atoms. The van der Waals surface area contributed by atoms with Gasteiger partial charge in [0.15, 0.2) is 0 Å². The number of benzene rings is 3. The summed E-state index contributed by atoms with van der Waals surface area (Å²) in [7, 11) is 0. The average Bonchev–Trinajstić information content (AvgIpc) is 3.15. The molecule has 1 atom stereocenters. The Hall–Kier alpha value is -3.05. The molecule has 0 radical (unpaired) electrons. The Balaban J connectivity index is 1.53. The monoisotopic (exact) mass is 430 g/mol. The van der Waals surface area contributed by atoms with Gasteiger partial charge in [-0.2, -0.15) is 0 Å². The number of nitrogens with one attached hydrogen (secondary N) is 1. The zero-order valence-electron chi connectivity index (χ0n) is 18.0. The first kappa shape index (κ1) is 21.2. The van der Waals surface area contributed by atoms with Gasteiger partial charge in [-0.15, -0.1) is 11.8 Å². The van der Waals surface area contributed by atoms with Gasteiger partial charge in [0.05, 0.1) is 5.75 Å². The maximum Gasteiger partial charge on any atom is 0.255 e. The summed E-state index contributed by atoms with van der Waals surface area (Å²) in [6.45, 7) is 6.45. The van der Waals surface area contributed by atoms with E-state index in [0.717, 1.165) is 16.9 Å². The third kappa shape index (κ3) is 4.67. The molecular formula is C26H26N2O2S. The first-order valence-electron chi connectivity index (χ1n) is 10.3. The third-order valence-corrected chi connectivity index (χ3v) is 6.56. The van der Waals surface area contributed by atoms with E-state index in [1.807, 2.05) is 83.8 Å². The van der Waals surface area contributed by atoms with Gasteiger partial charge >= 0.3 is 0 Å². The molecule has 3 aromatic carbocycles. The number of para-hydroxylation sites is 1. The third-order valence-electron chi connectivity index (χ3n) is 5.35. The second-order valence-electron chi connectivity index (χ2n) is 8.67. The highest BCUT2D eigenvalue weighted by Gasteiger charge is 2.34. The first-order valence-corrected chi connectivity index (χ1v) is 11.4. The molecule has 3 aromatic rings. The topological polar surface area (TPSA) is 49.4 Å². The maximum absolute atomic E-state index is 12.8. The Morgan fingerprint density at radius 3 is 2.35 bits per heavy atom. The number of anilines is 2. The molecule has 1 unspecified atom stereocenters. The average molecular weight is 431 g/mol. The predicted molar refractivity (Wildman–Crippen MR) is 129 cm³/mol. The van der Waals surface area contributed by atoms with Gasteiger partial charge in [0.1, 0.15) is 5.37 Å². The summed E-state index contributed by atoms with van der Waals surface area (Å²) in [5.41, 5.74) is 4.45. The minimum Gasteiger partial charge on any atom is -0.322 e. The molecule has 158 valence electrons. The molecule has 1 fully saturated rings. The molecule has 0 aromatic heterocycles. The van der Waals surface area contributed by atoms with E-state index in [0.29, 0.717) is 11.3 Å². The molecule has 1 saturated heterocycles. The van der Waals surface area contributed by atoms with E-state index in [2.05, 4.69) is 26.1 Å². The highest BCUT2D eigenvalue weighted by Crippen LogP contribution is 2.42. The second-order valence-corrected chi connectivity index (χ2v) is 9.74. The Bertz CT molecular complexity index is 1090. The zero-order valence-corrected chi connectivity index (χ0v) is 18.8. The summed E-state index contributed by atoms with van der Waals surface area (Å²) < 4.78 is 0. The van der Waals surface area contributed by atoms with Crippen molar-refractivity contribution < 1.29 is 9.59 Å². The normalized spacial score (nSPS) is 16.4. The molecule has 5 heteroatoms. The van der Waals surface area contributed by atoms with Crippen molar-refractivity contribution in [2.45, 2.75) is 31.6 Å². The molecular weight excluding hydrogens is 404 g/mol. The van der Waals surface area contributed by atoms with Crippen LogP contribution in [0.4, 0.5) is 11.4 Å². The van der Waals surface area contributed by atoms with Crippen LogP contribution in [-0.4, -0.2) is 17.6 Å². The molecule has 0 saturated carbocycles. The minimum atomic E-state index is -0.146. The lowest BCUT2D eigenvalue weighted by atomic mass is 9.87. The van der Waals surface area contributed by atoms with Gasteiger partial charge in [0.2, 0.25) is 5.91 Å². The summed E-state index contributed by atoms with van der Waals surface area (Å²) >= 11 is 1.60. The van der Waals surface area contributed by atoms with Crippen molar-refractivity contribution in [3.05, 3.63) is 95.6 Å². The number of carbonyl (C=O) groups is 2. The SMILES string of the molecule is CC(C)(C)c1ccc(C(=O)Nc2cccc(C3SCC(=O)N3c3ccccc3)c2)cc1. The molecule has 31 heavy (non-hydrogen) atoms. The van der Waals surface area contributed by atoms with Crippen molar-refractivity contribution in [2.75, 3.05) is 16.0 Å². The van der Waals surface area contributed by atoms with Gasteiger partial charge in [0.25, 0.3) is 5.91 Å². The predicted octanol–water partition coefficient (Wildman–Crippen LogP) is 6.02. The van der Waals surface area contributed by atoms with Crippen LogP contribution in [0.25, 0.3) is 0 Å². The largest absolute Gasteiger partial charge is 0.322 e. The Morgan fingerprint density at radius 1 is 0.968 bits per heavy atom. The summed E-state index contributed by atoms with van der Waals surface area (Å²) in [5.74, 6) is 0.387. The fourth-order valence-corrected chi connectivity index (χ4v) is 4.80. The molecule has 2 amide bonds. The molecule has 1 N–H and O–H groups in total. The summed E-state index contributed by atoms with van der Waals surface area (Å²) in [6.07, 6.45) is 0. The van der Waals surface area contributed by atoms with Gasteiger partial charge in [-0.05, 0) is 52.9 Å². The van der Waals surface area contributed by atoms with Crippen LogP contribution in [0.3, 0.4) is 0 Å². The van der Waals surface area contributed by atoms with E-state index < -0.39 is 0 Å². The molecule has 4 rings (SSSR count). The van der Waals surface area contributed by atoms with Crippen molar-refractivity contribution in [1.29, 1.82) is 0 Å². The fraction of sp³-hybridized carbons (Fsp3) is 0.231. The van der Waals surface area contributed by atoms with Crippen LogP contribution < -0.4 is 10.2 Å². The molecule has 1 heterocycles. The zero-order chi connectivity index (χ0) is 22.0. The van der Waals surface area contributed by atoms with Crippen molar-refractivity contribution in [3.8, 4) is 0 Å². The molecule has 0 aliphatic carbocycles. The van der Waals surface area contributed by atoms with Crippen LogP contribution in [-0.2, 0) is 10.2 Å². The van der Waals surface area contributed by atoms with Gasteiger partial charge in [-0.25, -0.2) is 0 Å². The quantitative estimate of drug-likeness (QED) is 0.551.